The van der Waals surface area contributed by atoms with Gasteiger partial charge >= 0.3 is 0 Å². The van der Waals surface area contributed by atoms with E-state index in [1.807, 2.05) is 0 Å². The molecule has 4 nitrogen and oxygen atoms in total. The maximum absolute atomic E-state index is 5.60. The third-order valence-corrected chi connectivity index (χ3v) is 3.85. The average Bonchev–Trinajstić information content (AvgIpc) is 2.58. The molecule has 0 saturated heterocycles. The molecule has 0 amide bonds. The molecule has 1 heterocycles. The van der Waals surface area contributed by atoms with Gasteiger partial charge < -0.3 is 0 Å². The lowest BCUT2D eigenvalue weighted by atomic mass is 9.79. The Morgan fingerprint density at radius 3 is 2.93 bits per heavy atom. The normalized spacial score (nSPS) is 19.3. The van der Waals surface area contributed by atoms with Crippen molar-refractivity contribution >= 4 is 11.5 Å². The quantitative estimate of drug-likeness (QED) is 0.585. The molecule has 78 valence electrons. The number of aryl methyl sites for hydroxylation is 1. The van der Waals surface area contributed by atoms with Gasteiger partial charge in [-0.25, -0.2) is 0 Å². The number of nitrogens with two attached hydrogens (primary N) is 1. The van der Waals surface area contributed by atoms with E-state index in [9.17, 15) is 0 Å². The molecular weight excluding hydrogens is 196 g/mol. The summed E-state index contributed by atoms with van der Waals surface area (Å²) < 4.78 is 4.00. The summed E-state index contributed by atoms with van der Waals surface area (Å²) in [5.74, 6) is 6.29. The van der Waals surface area contributed by atoms with Gasteiger partial charge in [0.15, 0.2) is 0 Å². The van der Waals surface area contributed by atoms with E-state index < -0.39 is 0 Å². The van der Waals surface area contributed by atoms with Gasteiger partial charge in [-0.3, -0.25) is 11.3 Å². The molecule has 1 aliphatic rings. The lowest BCUT2D eigenvalue weighted by Gasteiger charge is -2.32. The van der Waals surface area contributed by atoms with Crippen molar-refractivity contribution in [2.24, 2.45) is 11.8 Å². The Morgan fingerprint density at radius 2 is 2.43 bits per heavy atom. The second-order valence-electron chi connectivity index (χ2n) is 3.77. The van der Waals surface area contributed by atoms with Gasteiger partial charge in [-0.05, 0) is 36.7 Å². The van der Waals surface area contributed by atoms with Crippen LogP contribution in [0.2, 0.25) is 0 Å². The second-order valence-corrected chi connectivity index (χ2v) is 4.56. The molecule has 14 heavy (non-hydrogen) atoms. The summed E-state index contributed by atoms with van der Waals surface area (Å²) in [5.41, 5.74) is 4.01. The van der Waals surface area contributed by atoms with Crippen LogP contribution in [0, 0.1) is 5.92 Å². The zero-order valence-electron chi connectivity index (χ0n) is 8.36. The molecular formula is C9H16N4S. The van der Waals surface area contributed by atoms with Crippen LogP contribution < -0.4 is 11.3 Å². The number of nitrogens with zero attached hydrogens (tertiary/aromatic N) is 2. The van der Waals surface area contributed by atoms with E-state index in [2.05, 4.69) is 21.9 Å². The van der Waals surface area contributed by atoms with Crippen molar-refractivity contribution in [2.45, 2.75) is 38.6 Å². The first-order valence-electron chi connectivity index (χ1n) is 5.14. The van der Waals surface area contributed by atoms with Crippen molar-refractivity contribution in [1.82, 2.24) is 15.0 Å². The third kappa shape index (κ3) is 1.67. The Labute approximate surface area is 88.0 Å². The van der Waals surface area contributed by atoms with Gasteiger partial charge in [0.25, 0.3) is 0 Å². The Hall–Kier alpha value is -0.520. The van der Waals surface area contributed by atoms with Gasteiger partial charge in [0.2, 0.25) is 0 Å². The van der Waals surface area contributed by atoms with Crippen LogP contribution in [0.5, 0.6) is 0 Å². The Balaban J connectivity index is 2.17. The first-order valence-corrected chi connectivity index (χ1v) is 5.91. The molecule has 1 atom stereocenters. The summed E-state index contributed by atoms with van der Waals surface area (Å²) in [6, 6.07) is 0.277. The van der Waals surface area contributed by atoms with Crippen LogP contribution in [-0.4, -0.2) is 9.59 Å². The number of hydrogen-bond donors (Lipinski definition) is 2. The van der Waals surface area contributed by atoms with Gasteiger partial charge in [-0.2, -0.15) is 0 Å². The van der Waals surface area contributed by atoms with Gasteiger partial charge in [0, 0.05) is 0 Å². The summed E-state index contributed by atoms with van der Waals surface area (Å²) in [5, 5.41) is 4.12. The largest absolute Gasteiger partial charge is 0.271 e. The zero-order valence-corrected chi connectivity index (χ0v) is 9.18. The summed E-state index contributed by atoms with van der Waals surface area (Å²) in [7, 11) is 0. The van der Waals surface area contributed by atoms with Crippen molar-refractivity contribution in [1.29, 1.82) is 0 Å². The van der Waals surface area contributed by atoms with Crippen LogP contribution in [0.1, 0.15) is 42.8 Å². The van der Waals surface area contributed by atoms with Crippen LogP contribution in [0.15, 0.2) is 0 Å². The van der Waals surface area contributed by atoms with Gasteiger partial charge in [0.1, 0.15) is 0 Å². The van der Waals surface area contributed by atoms with Crippen LogP contribution in [-0.2, 0) is 6.42 Å². The smallest absolute Gasteiger partial charge is 0.0801 e. The minimum Gasteiger partial charge on any atom is -0.271 e. The maximum atomic E-state index is 5.60. The molecule has 0 bridgehead atoms. The van der Waals surface area contributed by atoms with E-state index in [1.165, 1.54) is 35.7 Å². The lowest BCUT2D eigenvalue weighted by molar-refractivity contribution is 0.234. The Bertz CT molecular complexity index is 295. The lowest BCUT2D eigenvalue weighted by Crippen LogP contribution is -2.36. The second kappa shape index (κ2) is 4.33. The van der Waals surface area contributed by atoms with E-state index in [1.54, 1.807) is 0 Å². The van der Waals surface area contributed by atoms with Crippen molar-refractivity contribution in [3.8, 4) is 0 Å². The summed E-state index contributed by atoms with van der Waals surface area (Å²) in [6.45, 7) is 2.11. The molecule has 0 aromatic carbocycles. The highest BCUT2D eigenvalue weighted by Gasteiger charge is 2.30. The van der Waals surface area contributed by atoms with Crippen molar-refractivity contribution in [2.75, 3.05) is 0 Å². The first kappa shape index (κ1) is 10.0. The standard InChI is InChI=1S/C9H16N4S/c1-2-7-9(14-13-12-7)8(11-10)6-4-3-5-6/h6,8,11H,2-5,10H2,1H3. The highest BCUT2D eigenvalue weighted by atomic mass is 32.1. The topological polar surface area (TPSA) is 63.8 Å². The predicted molar refractivity (Wildman–Crippen MR) is 56.7 cm³/mol. The average molecular weight is 212 g/mol. The summed E-state index contributed by atoms with van der Waals surface area (Å²) >= 11 is 1.48. The SMILES string of the molecule is CCc1nnsc1C(NN)C1CCC1. The molecule has 1 saturated carbocycles. The zero-order chi connectivity index (χ0) is 9.97. The van der Waals surface area contributed by atoms with E-state index >= 15 is 0 Å². The Kier molecular flexibility index (Phi) is 3.10. The fraction of sp³-hybridized carbons (Fsp3) is 0.778. The third-order valence-electron chi connectivity index (χ3n) is 3.00. The van der Waals surface area contributed by atoms with E-state index in [0.29, 0.717) is 5.92 Å². The molecule has 1 fully saturated rings. The van der Waals surface area contributed by atoms with Gasteiger partial charge in [0.05, 0.1) is 16.6 Å². The molecule has 1 aliphatic carbocycles. The molecule has 2 rings (SSSR count). The first-order chi connectivity index (χ1) is 6.86. The minimum atomic E-state index is 0.277. The molecule has 0 spiro atoms. The minimum absolute atomic E-state index is 0.277. The van der Waals surface area contributed by atoms with E-state index in [-0.39, 0.29) is 6.04 Å². The summed E-state index contributed by atoms with van der Waals surface area (Å²) in [6.07, 6.45) is 4.82. The van der Waals surface area contributed by atoms with E-state index in [4.69, 9.17) is 5.84 Å². The van der Waals surface area contributed by atoms with E-state index in [0.717, 1.165) is 12.1 Å². The highest BCUT2D eigenvalue weighted by Crippen LogP contribution is 2.39. The van der Waals surface area contributed by atoms with Gasteiger partial charge in [-0.15, -0.1) is 5.10 Å². The van der Waals surface area contributed by atoms with Crippen LogP contribution in [0.3, 0.4) is 0 Å². The maximum Gasteiger partial charge on any atom is 0.0801 e. The molecule has 0 aliphatic heterocycles. The van der Waals surface area contributed by atoms with Crippen molar-refractivity contribution < 1.29 is 0 Å². The molecule has 1 aromatic rings. The molecule has 1 aromatic heterocycles. The number of hydrazine groups is 1. The fourth-order valence-electron chi connectivity index (χ4n) is 1.90. The van der Waals surface area contributed by atoms with Gasteiger partial charge in [-0.1, -0.05) is 17.8 Å². The molecule has 0 radical (unpaired) electrons. The monoisotopic (exact) mass is 212 g/mol. The Morgan fingerprint density at radius 1 is 1.64 bits per heavy atom. The number of hydrogen-bond acceptors (Lipinski definition) is 5. The highest BCUT2D eigenvalue weighted by molar-refractivity contribution is 7.05. The molecule has 1 unspecified atom stereocenters. The number of nitrogens with one attached hydrogen (secondary N) is 1. The summed E-state index contributed by atoms with van der Waals surface area (Å²) in [4.78, 5) is 1.24. The van der Waals surface area contributed by atoms with Crippen LogP contribution in [0.4, 0.5) is 0 Å². The van der Waals surface area contributed by atoms with Crippen molar-refractivity contribution in [3.63, 3.8) is 0 Å². The van der Waals surface area contributed by atoms with Crippen LogP contribution >= 0.6 is 11.5 Å². The number of rotatable bonds is 4. The molecule has 5 heteroatoms. The van der Waals surface area contributed by atoms with Crippen molar-refractivity contribution in [3.05, 3.63) is 10.6 Å². The van der Waals surface area contributed by atoms with Crippen LogP contribution in [0.25, 0.3) is 0 Å². The molecule has 3 N–H and O–H groups in total. The predicted octanol–water partition coefficient (Wildman–Crippen LogP) is 1.41. The fourth-order valence-corrected chi connectivity index (χ4v) is 2.79. The number of aromatic nitrogens is 2.